The van der Waals surface area contributed by atoms with Crippen molar-refractivity contribution in [3.63, 3.8) is 0 Å². The minimum absolute atomic E-state index is 0.0702. The predicted octanol–water partition coefficient (Wildman–Crippen LogP) is 5.22. The van der Waals surface area contributed by atoms with Crippen LogP contribution in [0.4, 0.5) is 5.69 Å². The van der Waals surface area contributed by atoms with Crippen molar-refractivity contribution < 1.29 is 9.53 Å². The van der Waals surface area contributed by atoms with Crippen LogP contribution in [0.1, 0.15) is 39.2 Å². The molecule has 1 amide bonds. The van der Waals surface area contributed by atoms with Crippen LogP contribution in [0.3, 0.4) is 0 Å². The van der Waals surface area contributed by atoms with Gasteiger partial charge in [0.1, 0.15) is 5.75 Å². The first-order valence-electron chi connectivity index (χ1n) is 10.2. The zero-order valence-electron chi connectivity index (χ0n) is 17.9. The number of benzene rings is 2. The van der Waals surface area contributed by atoms with Gasteiger partial charge in [-0.15, -0.1) is 10.2 Å². The lowest BCUT2D eigenvalue weighted by Crippen LogP contribution is -2.14. The molecule has 0 aliphatic carbocycles. The van der Waals surface area contributed by atoms with Gasteiger partial charge in [0, 0.05) is 12.2 Å². The zero-order chi connectivity index (χ0) is 21.5. The molecule has 0 fully saturated rings. The van der Waals surface area contributed by atoms with Crippen molar-refractivity contribution >= 4 is 23.4 Å². The lowest BCUT2D eigenvalue weighted by molar-refractivity contribution is -0.113. The molecule has 3 rings (SSSR count). The van der Waals surface area contributed by atoms with Crippen LogP contribution in [-0.4, -0.2) is 33.0 Å². The molecule has 158 valence electrons. The Morgan fingerprint density at radius 1 is 1.10 bits per heavy atom. The Morgan fingerprint density at radius 3 is 2.50 bits per heavy atom. The van der Waals surface area contributed by atoms with E-state index < -0.39 is 0 Å². The van der Waals surface area contributed by atoms with Crippen LogP contribution in [0.2, 0.25) is 0 Å². The molecule has 1 heterocycles. The van der Waals surface area contributed by atoms with E-state index in [2.05, 4.69) is 29.4 Å². The van der Waals surface area contributed by atoms with E-state index in [9.17, 15) is 4.79 Å². The smallest absolute Gasteiger partial charge is 0.234 e. The van der Waals surface area contributed by atoms with Crippen molar-refractivity contribution in [2.45, 2.75) is 45.3 Å². The Morgan fingerprint density at radius 2 is 1.83 bits per heavy atom. The minimum Gasteiger partial charge on any atom is -0.493 e. The number of hydrogen-bond acceptors (Lipinski definition) is 5. The Labute approximate surface area is 182 Å². The summed E-state index contributed by atoms with van der Waals surface area (Å²) in [5.74, 6) is 2.18. The summed E-state index contributed by atoms with van der Waals surface area (Å²) in [4.78, 5) is 12.4. The van der Waals surface area contributed by atoms with Gasteiger partial charge in [-0.1, -0.05) is 49.9 Å². The normalized spacial score (nSPS) is 11.0. The van der Waals surface area contributed by atoms with E-state index in [1.165, 1.54) is 17.3 Å². The fraction of sp³-hybridized carbons (Fsp3) is 0.348. The van der Waals surface area contributed by atoms with Gasteiger partial charge in [-0.2, -0.15) is 0 Å². The van der Waals surface area contributed by atoms with E-state index in [0.29, 0.717) is 24.2 Å². The van der Waals surface area contributed by atoms with Crippen LogP contribution in [0, 0.1) is 0 Å². The minimum atomic E-state index is -0.0702. The molecule has 3 aromatic rings. The first kappa shape index (κ1) is 21.9. The Kier molecular flexibility index (Phi) is 7.52. The van der Waals surface area contributed by atoms with Crippen LogP contribution in [-0.2, 0) is 11.3 Å². The molecule has 7 heteroatoms. The van der Waals surface area contributed by atoms with E-state index in [-0.39, 0.29) is 11.7 Å². The van der Waals surface area contributed by atoms with Crippen LogP contribution in [0.25, 0.3) is 11.4 Å². The van der Waals surface area contributed by atoms with Gasteiger partial charge in [-0.05, 0) is 49.6 Å². The highest BCUT2D eigenvalue weighted by molar-refractivity contribution is 7.99. The topological polar surface area (TPSA) is 69.0 Å². The number of nitrogens with one attached hydrogen (secondary N) is 1. The van der Waals surface area contributed by atoms with Gasteiger partial charge in [0.2, 0.25) is 5.91 Å². The summed E-state index contributed by atoms with van der Waals surface area (Å²) in [6.07, 6.45) is 0. The highest BCUT2D eigenvalue weighted by Gasteiger charge is 2.17. The van der Waals surface area contributed by atoms with Gasteiger partial charge in [-0.3, -0.25) is 4.79 Å². The molecule has 0 aliphatic heterocycles. The summed E-state index contributed by atoms with van der Waals surface area (Å²) in [5.41, 5.74) is 2.95. The molecular weight excluding hydrogens is 396 g/mol. The van der Waals surface area contributed by atoms with Crippen LogP contribution >= 0.6 is 11.8 Å². The van der Waals surface area contributed by atoms with E-state index in [4.69, 9.17) is 4.74 Å². The van der Waals surface area contributed by atoms with E-state index in [0.717, 1.165) is 22.8 Å². The van der Waals surface area contributed by atoms with Crippen molar-refractivity contribution in [2.75, 3.05) is 17.7 Å². The molecule has 0 spiro atoms. The molecule has 0 saturated heterocycles. The SMILES string of the molecule is CCOc1ccccc1-c1nnc(SCC(=O)Nc2ccc(C(C)C)cc2)n1CC. The number of para-hydroxylation sites is 1. The number of carbonyl (C=O) groups excluding carboxylic acids is 1. The first-order valence-corrected chi connectivity index (χ1v) is 11.2. The van der Waals surface area contributed by atoms with Crippen molar-refractivity contribution in [3.05, 3.63) is 54.1 Å². The molecule has 0 bridgehead atoms. The van der Waals surface area contributed by atoms with E-state index >= 15 is 0 Å². The average molecular weight is 425 g/mol. The molecule has 6 nitrogen and oxygen atoms in total. The molecule has 1 N–H and O–H groups in total. The standard InChI is InChI=1S/C23H28N4O2S/c1-5-27-22(19-9-7-8-10-20(19)29-6-2)25-26-23(27)30-15-21(28)24-18-13-11-17(12-14-18)16(3)4/h7-14,16H,5-6,15H2,1-4H3,(H,24,28). The summed E-state index contributed by atoms with van der Waals surface area (Å²) in [5, 5.41) is 12.3. The number of nitrogens with zero attached hydrogens (tertiary/aromatic N) is 3. The lowest BCUT2D eigenvalue weighted by atomic mass is 10.0. The van der Waals surface area contributed by atoms with Gasteiger partial charge in [0.15, 0.2) is 11.0 Å². The third kappa shape index (κ3) is 5.21. The molecular formula is C23H28N4O2S. The molecule has 1 aromatic heterocycles. The van der Waals surface area contributed by atoms with Crippen molar-refractivity contribution in [3.8, 4) is 17.1 Å². The van der Waals surface area contributed by atoms with E-state index in [1.54, 1.807) is 0 Å². The number of aromatic nitrogens is 3. The van der Waals surface area contributed by atoms with Gasteiger partial charge in [0.25, 0.3) is 0 Å². The average Bonchev–Trinajstić information content (AvgIpc) is 3.16. The first-order chi connectivity index (χ1) is 14.5. The van der Waals surface area contributed by atoms with Crippen molar-refractivity contribution in [2.24, 2.45) is 0 Å². The highest BCUT2D eigenvalue weighted by Crippen LogP contribution is 2.31. The maximum absolute atomic E-state index is 12.4. The van der Waals surface area contributed by atoms with Crippen LogP contribution < -0.4 is 10.1 Å². The Bertz CT molecular complexity index is 983. The fourth-order valence-electron chi connectivity index (χ4n) is 3.09. The Hall–Kier alpha value is -2.80. The maximum Gasteiger partial charge on any atom is 0.234 e. The molecule has 0 radical (unpaired) electrons. The van der Waals surface area contributed by atoms with Gasteiger partial charge in [-0.25, -0.2) is 0 Å². The third-order valence-corrected chi connectivity index (χ3v) is 5.62. The summed E-state index contributed by atoms with van der Waals surface area (Å²) in [6.45, 7) is 9.57. The summed E-state index contributed by atoms with van der Waals surface area (Å²) in [7, 11) is 0. The van der Waals surface area contributed by atoms with Crippen molar-refractivity contribution in [1.29, 1.82) is 0 Å². The Balaban J connectivity index is 1.68. The number of anilines is 1. The lowest BCUT2D eigenvalue weighted by Gasteiger charge is -2.11. The van der Waals surface area contributed by atoms with Gasteiger partial charge < -0.3 is 14.6 Å². The maximum atomic E-state index is 12.4. The second-order valence-corrected chi connectivity index (χ2v) is 8.04. The van der Waals surface area contributed by atoms with Crippen molar-refractivity contribution in [1.82, 2.24) is 14.8 Å². The summed E-state index contributed by atoms with van der Waals surface area (Å²) < 4.78 is 7.74. The fourth-order valence-corrected chi connectivity index (χ4v) is 3.89. The molecule has 0 aliphatic rings. The molecule has 0 unspecified atom stereocenters. The largest absolute Gasteiger partial charge is 0.493 e. The number of amides is 1. The molecule has 0 saturated carbocycles. The van der Waals surface area contributed by atoms with Crippen LogP contribution in [0.15, 0.2) is 53.7 Å². The molecule has 30 heavy (non-hydrogen) atoms. The number of rotatable bonds is 9. The monoisotopic (exact) mass is 424 g/mol. The predicted molar refractivity (Wildman–Crippen MR) is 122 cm³/mol. The second kappa shape index (κ2) is 10.3. The van der Waals surface area contributed by atoms with Crippen LogP contribution in [0.5, 0.6) is 5.75 Å². The third-order valence-electron chi connectivity index (χ3n) is 4.65. The number of ether oxygens (including phenoxy) is 1. The molecule has 2 aromatic carbocycles. The highest BCUT2D eigenvalue weighted by atomic mass is 32.2. The number of hydrogen-bond donors (Lipinski definition) is 1. The summed E-state index contributed by atoms with van der Waals surface area (Å²) in [6, 6.07) is 15.8. The quantitative estimate of drug-likeness (QED) is 0.477. The van der Waals surface area contributed by atoms with E-state index in [1.807, 2.05) is 66.9 Å². The van der Waals surface area contributed by atoms with Gasteiger partial charge >= 0.3 is 0 Å². The van der Waals surface area contributed by atoms with Gasteiger partial charge in [0.05, 0.1) is 17.9 Å². The second-order valence-electron chi connectivity index (χ2n) is 7.09. The zero-order valence-corrected chi connectivity index (χ0v) is 18.7. The number of thioether (sulfide) groups is 1. The summed E-state index contributed by atoms with van der Waals surface area (Å²) >= 11 is 1.38. The number of carbonyl (C=O) groups is 1. The molecule has 0 atom stereocenters.